The van der Waals surface area contributed by atoms with Crippen LogP contribution in [0.15, 0.2) is 72.9 Å². The molecular weight excluding hydrogens is 400 g/mol. The quantitative estimate of drug-likeness (QED) is 0.302. The van der Waals surface area contributed by atoms with Gasteiger partial charge in [0.05, 0.1) is 0 Å². The number of nitrogens with zero attached hydrogens (tertiary/aromatic N) is 2. The summed E-state index contributed by atoms with van der Waals surface area (Å²) in [5.74, 6) is -0.528. The molecule has 0 atom stereocenters. The number of benzene rings is 3. The van der Waals surface area contributed by atoms with Crippen LogP contribution >= 0.6 is 0 Å². The van der Waals surface area contributed by atoms with E-state index in [4.69, 9.17) is 0 Å². The molecule has 0 unspecified atom stereocenters. The van der Waals surface area contributed by atoms with Crippen LogP contribution in [0, 0.1) is 6.92 Å². The maximum absolute atomic E-state index is 9.49. The molecule has 1 aliphatic rings. The van der Waals surface area contributed by atoms with Crippen molar-refractivity contribution in [2.45, 2.75) is 44.9 Å². The van der Waals surface area contributed by atoms with Gasteiger partial charge in [0.25, 0.3) is 0 Å². The Labute approximate surface area is 199 Å². The maximum Gasteiger partial charge on any atom is 0.213 e. The number of pyridine rings is 1. The number of hydrogen-bond acceptors (Lipinski definition) is 1. The van der Waals surface area contributed by atoms with Crippen LogP contribution in [0.2, 0.25) is 0 Å². The van der Waals surface area contributed by atoms with E-state index in [1.807, 2.05) is 0 Å². The summed E-state index contributed by atoms with van der Waals surface area (Å²) in [4.78, 5) is 2.14. The number of aryl methyl sites for hydroxylation is 2. The van der Waals surface area contributed by atoms with Crippen LogP contribution in [0.5, 0.6) is 0 Å². The lowest BCUT2D eigenvalue weighted by molar-refractivity contribution is -0.660. The molecule has 1 heterocycles. The molecule has 1 aromatic heterocycles. The van der Waals surface area contributed by atoms with Gasteiger partial charge in [0.2, 0.25) is 5.69 Å². The Bertz CT molecular complexity index is 1350. The van der Waals surface area contributed by atoms with Crippen LogP contribution in [0.25, 0.3) is 33.2 Å². The van der Waals surface area contributed by atoms with Crippen molar-refractivity contribution in [1.82, 2.24) is 0 Å². The van der Waals surface area contributed by atoms with E-state index in [-0.39, 0.29) is 0 Å². The van der Waals surface area contributed by atoms with Crippen molar-refractivity contribution in [1.29, 1.82) is 0 Å². The Morgan fingerprint density at radius 2 is 1.58 bits per heavy atom. The zero-order valence-electron chi connectivity index (χ0n) is 21.4. The number of aromatic nitrogens is 1. The van der Waals surface area contributed by atoms with Crippen molar-refractivity contribution < 1.29 is 5.94 Å². The highest BCUT2D eigenvalue weighted by atomic mass is 15.1. The fraction of sp³-hybridized carbons (Fsp3) is 0.323. The average Bonchev–Trinajstić information content (AvgIpc) is 2.84. The molecule has 1 fully saturated rings. The minimum Gasteiger partial charge on any atom is -0.378 e. The van der Waals surface area contributed by atoms with Crippen molar-refractivity contribution in [3.05, 3.63) is 84.1 Å². The standard InChI is InChI=1S/C31H35N2/c1-22-10-8-9-13-28(22)31-20-29(30(21-33(31)4)23-11-6-5-7-12-23)26-15-14-25-19-27(32(2)3)17-16-24(25)18-26/h8-10,13-21,23H,5-7,11-12H2,1-4H3/q+1/i23D. The third-order valence-electron chi connectivity index (χ3n) is 7.18. The SMILES string of the molecule is [2H]C1(c2c[n+](C)c(-c3ccccc3C)cc2-c2ccc3cc(N(C)C)ccc3c2)CCCCC1. The smallest absolute Gasteiger partial charge is 0.213 e. The van der Waals surface area contributed by atoms with Gasteiger partial charge in [-0.1, -0.05) is 55.7 Å². The van der Waals surface area contributed by atoms with Crippen LogP contribution in [0.4, 0.5) is 5.69 Å². The van der Waals surface area contributed by atoms with Gasteiger partial charge in [-0.25, -0.2) is 4.57 Å². The summed E-state index contributed by atoms with van der Waals surface area (Å²) in [7, 11) is 6.29. The van der Waals surface area contributed by atoms with Crippen molar-refractivity contribution in [3.63, 3.8) is 0 Å². The molecule has 5 rings (SSSR count). The first-order valence-electron chi connectivity index (χ1n) is 12.7. The summed E-state index contributed by atoms with van der Waals surface area (Å²) < 4.78 is 11.7. The second-order valence-corrected chi connectivity index (χ2v) is 9.72. The molecule has 0 aliphatic heterocycles. The largest absolute Gasteiger partial charge is 0.378 e. The van der Waals surface area contributed by atoms with E-state index in [9.17, 15) is 1.37 Å². The number of anilines is 1. The summed E-state index contributed by atoms with van der Waals surface area (Å²) in [5, 5.41) is 2.48. The van der Waals surface area contributed by atoms with Gasteiger partial charge in [0, 0.05) is 38.3 Å². The Hall–Kier alpha value is -3.13. The normalized spacial score (nSPS) is 15.9. The Morgan fingerprint density at radius 3 is 2.33 bits per heavy atom. The van der Waals surface area contributed by atoms with E-state index in [1.165, 1.54) is 50.8 Å². The van der Waals surface area contributed by atoms with Gasteiger partial charge in [-0.3, -0.25) is 0 Å². The van der Waals surface area contributed by atoms with Crippen molar-refractivity contribution in [2.24, 2.45) is 7.05 Å². The highest BCUT2D eigenvalue weighted by molar-refractivity contribution is 5.90. The third kappa shape index (κ3) is 4.27. The van der Waals surface area contributed by atoms with Crippen molar-refractivity contribution in [3.8, 4) is 22.4 Å². The molecule has 1 aliphatic carbocycles. The van der Waals surface area contributed by atoms with E-state index < -0.39 is 5.89 Å². The Morgan fingerprint density at radius 1 is 0.848 bits per heavy atom. The minimum atomic E-state index is -0.528. The topological polar surface area (TPSA) is 7.12 Å². The lowest BCUT2D eigenvalue weighted by atomic mass is 9.81. The van der Waals surface area contributed by atoms with Gasteiger partial charge in [-0.2, -0.15) is 0 Å². The number of fused-ring (bicyclic) bond motifs is 1. The van der Waals surface area contributed by atoms with Crippen molar-refractivity contribution >= 4 is 16.5 Å². The van der Waals surface area contributed by atoms with Gasteiger partial charge in [-0.15, -0.1) is 0 Å². The van der Waals surface area contributed by atoms with E-state index in [0.29, 0.717) is 0 Å². The second-order valence-electron chi connectivity index (χ2n) is 9.72. The fourth-order valence-electron chi connectivity index (χ4n) is 5.22. The monoisotopic (exact) mass is 436 g/mol. The molecule has 33 heavy (non-hydrogen) atoms. The van der Waals surface area contributed by atoms with Gasteiger partial charge in [0.15, 0.2) is 6.20 Å². The van der Waals surface area contributed by atoms with Crippen LogP contribution in [0.1, 0.15) is 50.5 Å². The second kappa shape index (κ2) is 9.02. The first-order valence-corrected chi connectivity index (χ1v) is 12.2. The molecule has 0 bridgehead atoms. The number of hydrogen-bond donors (Lipinski definition) is 0. The molecular formula is C31H35N2+. The molecule has 168 valence electrons. The van der Waals surface area contributed by atoms with Gasteiger partial charge in [0.1, 0.15) is 7.05 Å². The zero-order valence-corrected chi connectivity index (χ0v) is 20.4. The predicted octanol–water partition coefficient (Wildman–Crippen LogP) is 7.42. The Kier molecular flexibility index (Phi) is 5.59. The summed E-state index contributed by atoms with van der Waals surface area (Å²) >= 11 is 0. The molecule has 2 heteroatoms. The van der Waals surface area contributed by atoms with Crippen LogP contribution in [0.3, 0.4) is 0 Å². The van der Waals surface area contributed by atoms with E-state index in [1.54, 1.807) is 0 Å². The summed E-state index contributed by atoms with van der Waals surface area (Å²) in [6, 6.07) is 24.4. The zero-order chi connectivity index (χ0) is 23.9. The molecule has 4 aromatic rings. The summed E-state index contributed by atoms with van der Waals surface area (Å²) in [6.45, 7) is 2.17. The highest BCUT2D eigenvalue weighted by Crippen LogP contribution is 2.40. The van der Waals surface area contributed by atoms with Crippen molar-refractivity contribution in [2.75, 3.05) is 19.0 Å². The highest BCUT2D eigenvalue weighted by Gasteiger charge is 2.25. The lowest BCUT2D eigenvalue weighted by Gasteiger charge is -2.24. The molecule has 3 aromatic carbocycles. The molecule has 0 N–H and O–H groups in total. The Balaban J connectivity index is 1.72. The molecule has 0 spiro atoms. The van der Waals surface area contributed by atoms with Crippen LogP contribution in [-0.4, -0.2) is 14.1 Å². The molecule has 2 nitrogen and oxygen atoms in total. The maximum atomic E-state index is 9.49. The first-order chi connectivity index (χ1) is 16.4. The minimum absolute atomic E-state index is 0.528. The van der Waals surface area contributed by atoms with E-state index >= 15 is 0 Å². The molecule has 0 radical (unpaired) electrons. The molecule has 0 amide bonds. The van der Waals surface area contributed by atoms with Gasteiger partial charge in [-0.05, 0) is 77.4 Å². The summed E-state index contributed by atoms with van der Waals surface area (Å²) in [5.41, 5.74) is 8.48. The summed E-state index contributed by atoms with van der Waals surface area (Å²) in [6.07, 6.45) is 7.63. The molecule has 1 saturated carbocycles. The molecule has 0 saturated heterocycles. The van der Waals surface area contributed by atoms with E-state index in [0.717, 1.165) is 31.2 Å². The first kappa shape index (κ1) is 20.5. The van der Waals surface area contributed by atoms with Crippen LogP contribution < -0.4 is 9.47 Å². The van der Waals surface area contributed by atoms with Gasteiger partial charge >= 0.3 is 0 Å². The fourth-order valence-corrected chi connectivity index (χ4v) is 5.22. The average molecular weight is 437 g/mol. The lowest BCUT2D eigenvalue weighted by Crippen LogP contribution is -2.32. The third-order valence-corrected chi connectivity index (χ3v) is 7.18. The van der Waals surface area contributed by atoms with Crippen LogP contribution in [-0.2, 0) is 7.05 Å². The van der Waals surface area contributed by atoms with Gasteiger partial charge < -0.3 is 4.90 Å². The number of rotatable bonds is 4. The van der Waals surface area contributed by atoms with E-state index in [2.05, 4.69) is 110 Å². The predicted molar refractivity (Wildman–Crippen MR) is 141 cm³/mol.